The molecule has 0 aliphatic rings. The number of likely N-dealkylation sites (N-methyl/N-ethyl adjacent to an activating group) is 1. The lowest BCUT2D eigenvalue weighted by Gasteiger charge is -2.23. The molecule has 0 aliphatic carbocycles. The molecule has 4 heteroatoms. The molecule has 2 unspecified atom stereocenters. The lowest BCUT2D eigenvalue weighted by atomic mass is 10.2. The zero-order valence-electron chi connectivity index (χ0n) is 7.37. The Morgan fingerprint density at radius 2 is 2.00 bits per heavy atom. The molecular weight excluding hydrogens is 142 g/mol. The highest BCUT2D eigenvalue weighted by atomic mass is 16.1. The molecule has 0 saturated heterocycles. The zero-order chi connectivity index (χ0) is 9.02. The molecule has 4 nitrogen and oxygen atoms in total. The fraction of sp³-hybridized carbons (Fsp3) is 0.857. The maximum absolute atomic E-state index is 10.7. The largest absolute Gasteiger partial charge is 0.368 e. The maximum atomic E-state index is 10.7. The van der Waals surface area contributed by atoms with Gasteiger partial charge in [0.05, 0.1) is 6.04 Å². The van der Waals surface area contributed by atoms with Crippen molar-refractivity contribution >= 4 is 5.91 Å². The molecule has 4 N–H and O–H groups in total. The van der Waals surface area contributed by atoms with Crippen LogP contribution in [0.25, 0.3) is 0 Å². The number of nitrogens with two attached hydrogens (primary N) is 2. The van der Waals surface area contributed by atoms with Gasteiger partial charge in [0.1, 0.15) is 0 Å². The van der Waals surface area contributed by atoms with Crippen LogP contribution in [-0.4, -0.2) is 36.5 Å². The summed E-state index contributed by atoms with van der Waals surface area (Å²) in [5.41, 5.74) is 10.6. The van der Waals surface area contributed by atoms with Gasteiger partial charge in [-0.05, 0) is 20.9 Å². The number of primary amides is 1. The van der Waals surface area contributed by atoms with E-state index in [-0.39, 0.29) is 18.0 Å². The molecule has 0 spiro atoms. The molecule has 2 atom stereocenters. The summed E-state index contributed by atoms with van der Waals surface area (Å²) < 4.78 is 0. The standard InChI is InChI=1S/C7H17N3O/c1-5(8)4-10(3)6(2)7(9)11/h5-6H,4,8H2,1-3H3,(H2,9,11). The second-order valence-electron chi connectivity index (χ2n) is 3.00. The third-order valence-electron chi connectivity index (χ3n) is 1.65. The SMILES string of the molecule is CC(N)CN(C)C(C)C(N)=O. The third kappa shape index (κ3) is 3.95. The highest BCUT2D eigenvalue weighted by Crippen LogP contribution is 1.94. The second kappa shape index (κ2) is 4.31. The van der Waals surface area contributed by atoms with Gasteiger partial charge < -0.3 is 11.5 Å². The molecule has 0 saturated carbocycles. The van der Waals surface area contributed by atoms with Gasteiger partial charge in [0.2, 0.25) is 5.91 Å². The van der Waals surface area contributed by atoms with Crippen molar-refractivity contribution in [3.8, 4) is 0 Å². The van der Waals surface area contributed by atoms with Crippen LogP contribution >= 0.6 is 0 Å². The first-order chi connectivity index (χ1) is 4.95. The van der Waals surface area contributed by atoms with Crippen molar-refractivity contribution in [1.29, 1.82) is 0 Å². The number of amides is 1. The highest BCUT2D eigenvalue weighted by Gasteiger charge is 2.14. The maximum Gasteiger partial charge on any atom is 0.234 e. The van der Waals surface area contributed by atoms with Crippen molar-refractivity contribution in [1.82, 2.24) is 4.90 Å². The summed E-state index contributed by atoms with van der Waals surface area (Å²) in [6.07, 6.45) is 0. The summed E-state index contributed by atoms with van der Waals surface area (Å²) in [5, 5.41) is 0. The molecule has 1 amide bonds. The van der Waals surface area contributed by atoms with E-state index in [9.17, 15) is 4.79 Å². The van der Waals surface area contributed by atoms with Gasteiger partial charge >= 0.3 is 0 Å². The Bertz CT molecular complexity index is 136. The summed E-state index contributed by atoms with van der Waals surface area (Å²) in [6, 6.07) is -0.164. The predicted octanol–water partition coefficient (Wildman–Crippen LogP) is -0.861. The minimum absolute atomic E-state index is 0.0711. The van der Waals surface area contributed by atoms with Crippen LogP contribution in [0.3, 0.4) is 0 Å². The molecule has 0 heterocycles. The molecule has 0 aromatic rings. The first-order valence-electron chi connectivity index (χ1n) is 3.70. The summed E-state index contributed by atoms with van der Waals surface area (Å²) in [4.78, 5) is 12.5. The van der Waals surface area contributed by atoms with E-state index in [1.165, 1.54) is 0 Å². The van der Waals surface area contributed by atoms with Crippen molar-refractivity contribution in [3.05, 3.63) is 0 Å². The molecule has 0 aliphatic heterocycles. The van der Waals surface area contributed by atoms with E-state index in [1.807, 2.05) is 18.9 Å². The normalized spacial score (nSPS) is 16.5. The number of rotatable bonds is 4. The fourth-order valence-corrected chi connectivity index (χ4v) is 0.830. The molecule has 0 radical (unpaired) electrons. The Hall–Kier alpha value is -0.610. The summed E-state index contributed by atoms with van der Waals surface area (Å²) in [6.45, 7) is 4.35. The van der Waals surface area contributed by atoms with Crippen LogP contribution in [0.1, 0.15) is 13.8 Å². The lowest BCUT2D eigenvalue weighted by Crippen LogP contribution is -2.44. The topological polar surface area (TPSA) is 72.3 Å². The Morgan fingerprint density at radius 3 is 2.27 bits per heavy atom. The van der Waals surface area contributed by atoms with Gasteiger partial charge in [0.15, 0.2) is 0 Å². The van der Waals surface area contributed by atoms with Crippen molar-refractivity contribution in [2.24, 2.45) is 11.5 Å². The summed E-state index contributed by atoms with van der Waals surface area (Å²) >= 11 is 0. The van der Waals surface area contributed by atoms with E-state index >= 15 is 0 Å². The van der Waals surface area contributed by atoms with Crippen LogP contribution in [0.15, 0.2) is 0 Å². The van der Waals surface area contributed by atoms with Crippen molar-refractivity contribution < 1.29 is 4.79 Å². The molecule has 0 aromatic heterocycles. The molecule has 0 rings (SSSR count). The molecule has 11 heavy (non-hydrogen) atoms. The second-order valence-corrected chi connectivity index (χ2v) is 3.00. The Labute approximate surface area is 67.5 Å². The van der Waals surface area contributed by atoms with Gasteiger partial charge in [-0.15, -0.1) is 0 Å². The van der Waals surface area contributed by atoms with Crippen molar-refractivity contribution in [3.63, 3.8) is 0 Å². The van der Waals surface area contributed by atoms with Crippen LogP contribution in [0.2, 0.25) is 0 Å². The molecular formula is C7H17N3O. The van der Waals surface area contributed by atoms with E-state index in [2.05, 4.69) is 0 Å². The monoisotopic (exact) mass is 159 g/mol. The predicted molar refractivity (Wildman–Crippen MR) is 44.9 cm³/mol. The molecule has 0 fully saturated rings. The number of carbonyl (C=O) groups excluding carboxylic acids is 1. The Balaban J connectivity index is 3.82. The molecule has 66 valence electrons. The molecule has 0 bridgehead atoms. The summed E-state index contributed by atoms with van der Waals surface area (Å²) in [7, 11) is 1.83. The first-order valence-corrected chi connectivity index (χ1v) is 3.70. The quantitative estimate of drug-likeness (QED) is 0.560. The summed E-state index contributed by atoms with van der Waals surface area (Å²) in [5.74, 6) is -0.312. The van der Waals surface area contributed by atoms with Gasteiger partial charge in [-0.1, -0.05) is 0 Å². The minimum atomic E-state index is -0.312. The van der Waals surface area contributed by atoms with Crippen LogP contribution in [0, 0.1) is 0 Å². The van der Waals surface area contributed by atoms with E-state index in [0.29, 0.717) is 6.54 Å². The Morgan fingerprint density at radius 1 is 1.55 bits per heavy atom. The third-order valence-corrected chi connectivity index (χ3v) is 1.65. The average Bonchev–Trinajstić information content (AvgIpc) is 1.84. The van der Waals surface area contributed by atoms with Crippen LogP contribution in [0.4, 0.5) is 0 Å². The van der Waals surface area contributed by atoms with Gasteiger partial charge in [0.25, 0.3) is 0 Å². The van der Waals surface area contributed by atoms with Gasteiger partial charge in [0, 0.05) is 12.6 Å². The van der Waals surface area contributed by atoms with E-state index in [1.54, 1.807) is 6.92 Å². The minimum Gasteiger partial charge on any atom is -0.368 e. The van der Waals surface area contributed by atoms with E-state index < -0.39 is 0 Å². The lowest BCUT2D eigenvalue weighted by molar-refractivity contribution is -0.122. The van der Waals surface area contributed by atoms with Crippen LogP contribution < -0.4 is 11.5 Å². The van der Waals surface area contributed by atoms with Crippen LogP contribution in [0.5, 0.6) is 0 Å². The van der Waals surface area contributed by atoms with E-state index in [0.717, 1.165) is 0 Å². The number of nitrogens with zero attached hydrogens (tertiary/aromatic N) is 1. The van der Waals surface area contributed by atoms with Crippen molar-refractivity contribution in [2.45, 2.75) is 25.9 Å². The first kappa shape index (κ1) is 10.4. The van der Waals surface area contributed by atoms with Gasteiger partial charge in [-0.25, -0.2) is 0 Å². The highest BCUT2D eigenvalue weighted by molar-refractivity contribution is 5.79. The van der Waals surface area contributed by atoms with Gasteiger partial charge in [-0.3, -0.25) is 9.69 Å². The van der Waals surface area contributed by atoms with E-state index in [4.69, 9.17) is 11.5 Å². The number of hydrogen-bond acceptors (Lipinski definition) is 3. The smallest absolute Gasteiger partial charge is 0.234 e. The number of hydrogen-bond donors (Lipinski definition) is 2. The van der Waals surface area contributed by atoms with Crippen LogP contribution in [-0.2, 0) is 4.79 Å². The zero-order valence-corrected chi connectivity index (χ0v) is 7.37. The van der Waals surface area contributed by atoms with Gasteiger partial charge in [-0.2, -0.15) is 0 Å². The molecule has 0 aromatic carbocycles. The Kier molecular flexibility index (Phi) is 4.07. The average molecular weight is 159 g/mol. The van der Waals surface area contributed by atoms with Crippen molar-refractivity contribution in [2.75, 3.05) is 13.6 Å². The fourth-order valence-electron chi connectivity index (χ4n) is 0.830. The number of carbonyl (C=O) groups is 1.